The smallest absolute Gasteiger partial charge is 0.222 e. The highest BCUT2D eigenvalue weighted by atomic mass is 19.1. The van der Waals surface area contributed by atoms with Crippen molar-refractivity contribution < 1.29 is 9.18 Å². The highest BCUT2D eigenvalue weighted by Gasteiger charge is 2.44. The van der Waals surface area contributed by atoms with Crippen LogP contribution in [0, 0.1) is 5.82 Å². The van der Waals surface area contributed by atoms with E-state index in [-0.39, 0.29) is 11.4 Å². The zero-order valence-electron chi connectivity index (χ0n) is 17.7. The average Bonchev–Trinajstić information content (AvgIpc) is 3.36. The van der Waals surface area contributed by atoms with Crippen LogP contribution in [0.4, 0.5) is 4.39 Å². The SMILES string of the molecule is O=C1CC[C@@H](CCNCc2ccccc2F)N1CC1(N2CCCCC2)CCCC1. The van der Waals surface area contributed by atoms with Gasteiger partial charge in [0.2, 0.25) is 5.91 Å². The van der Waals surface area contributed by atoms with E-state index in [0.29, 0.717) is 30.5 Å². The first kappa shape index (κ1) is 20.8. The van der Waals surface area contributed by atoms with E-state index in [1.54, 1.807) is 6.07 Å². The number of hydrogen-bond acceptors (Lipinski definition) is 3. The predicted octanol–water partition coefficient (Wildman–Crippen LogP) is 4.10. The molecule has 1 aromatic carbocycles. The second-order valence-corrected chi connectivity index (χ2v) is 9.25. The molecule has 0 radical (unpaired) electrons. The Bertz CT molecular complexity index is 682. The van der Waals surface area contributed by atoms with Gasteiger partial charge in [-0.1, -0.05) is 37.5 Å². The van der Waals surface area contributed by atoms with E-state index in [1.807, 2.05) is 12.1 Å². The van der Waals surface area contributed by atoms with Gasteiger partial charge in [0, 0.05) is 36.7 Å². The molecule has 0 unspecified atom stereocenters. The molecule has 0 spiro atoms. The molecule has 3 fully saturated rings. The summed E-state index contributed by atoms with van der Waals surface area (Å²) >= 11 is 0. The van der Waals surface area contributed by atoms with Gasteiger partial charge in [-0.3, -0.25) is 9.69 Å². The Morgan fingerprint density at radius 1 is 1.07 bits per heavy atom. The highest BCUT2D eigenvalue weighted by molar-refractivity contribution is 5.78. The zero-order chi connectivity index (χ0) is 20.1. The van der Waals surface area contributed by atoms with Crippen LogP contribution in [0.15, 0.2) is 24.3 Å². The molecule has 3 aliphatic rings. The standard InChI is InChI=1S/C24H36FN3O/c25-22-9-3-2-8-20(22)18-26-15-12-21-10-11-23(29)28(21)19-24(13-4-5-14-24)27-16-6-1-7-17-27/h2-3,8-9,21,26H,1,4-7,10-19H2/t21-/m0/s1. The summed E-state index contributed by atoms with van der Waals surface area (Å²) in [4.78, 5) is 17.7. The lowest BCUT2D eigenvalue weighted by Gasteiger charge is -2.46. The predicted molar refractivity (Wildman–Crippen MR) is 114 cm³/mol. The Kier molecular flexibility index (Phi) is 6.86. The fraction of sp³-hybridized carbons (Fsp3) is 0.708. The van der Waals surface area contributed by atoms with Crippen molar-refractivity contribution in [2.24, 2.45) is 0 Å². The largest absolute Gasteiger partial charge is 0.338 e. The molecule has 1 aliphatic carbocycles. The third-order valence-corrected chi connectivity index (χ3v) is 7.41. The summed E-state index contributed by atoms with van der Waals surface area (Å²) in [5, 5.41) is 3.38. The summed E-state index contributed by atoms with van der Waals surface area (Å²) in [6.45, 7) is 4.70. The van der Waals surface area contributed by atoms with E-state index in [0.717, 1.165) is 25.9 Å². The summed E-state index contributed by atoms with van der Waals surface area (Å²) in [6, 6.07) is 7.27. The van der Waals surface area contributed by atoms with Crippen molar-refractivity contribution in [2.45, 2.75) is 82.3 Å². The third-order valence-electron chi connectivity index (χ3n) is 7.41. The van der Waals surface area contributed by atoms with Gasteiger partial charge in [0.05, 0.1) is 0 Å². The molecule has 2 aliphatic heterocycles. The van der Waals surface area contributed by atoms with Gasteiger partial charge in [-0.05, 0) is 64.2 Å². The Labute approximate surface area is 174 Å². The van der Waals surface area contributed by atoms with Crippen LogP contribution in [0.3, 0.4) is 0 Å². The van der Waals surface area contributed by atoms with E-state index in [1.165, 1.54) is 64.1 Å². The normalized spacial score (nSPS) is 25.1. The first-order valence-corrected chi connectivity index (χ1v) is 11.7. The lowest BCUT2D eigenvalue weighted by atomic mass is 9.91. The van der Waals surface area contributed by atoms with E-state index in [4.69, 9.17) is 0 Å². The van der Waals surface area contributed by atoms with E-state index < -0.39 is 0 Å². The Hall–Kier alpha value is -1.46. The first-order valence-electron chi connectivity index (χ1n) is 11.7. The maximum Gasteiger partial charge on any atom is 0.222 e. The van der Waals surface area contributed by atoms with Crippen LogP contribution in [0.1, 0.15) is 69.8 Å². The van der Waals surface area contributed by atoms with Crippen LogP contribution < -0.4 is 5.32 Å². The molecular formula is C24H36FN3O. The molecule has 29 heavy (non-hydrogen) atoms. The van der Waals surface area contributed by atoms with Crippen molar-refractivity contribution in [1.82, 2.24) is 15.1 Å². The fourth-order valence-corrected chi connectivity index (χ4v) is 5.74. The number of piperidine rings is 1. The van der Waals surface area contributed by atoms with Crippen LogP contribution in [0.5, 0.6) is 0 Å². The van der Waals surface area contributed by atoms with Gasteiger partial charge in [0.15, 0.2) is 0 Å². The minimum Gasteiger partial charge on any atom is -0.338 e. The van der Waals surface area contributed by atoms with Crippen molar-refractivity contribution in [3.63, 3.8) is 0 Å². The summed E-state index contributed by atoms with van der Waals surface area (Å²) in [7, 11) is 0. The zero-order valence-corrected chi connectivity index (χ0v) is 17.7. The molecule has 1 N–H and O–H groups in total. The van der Waals surface area contributed by atoms with E-state index in [9.17, 15) is 9.18 Å². The number of carbonyl (C=O) groups excluding carboxylic acids is 1. The molecule has 2 heterocycles. The lowest BCUT2D eigenvalue weighted by molar-refractivity contribution is -0.131. The molecule has 1 amide bonds. The van der Waals surface area contributed by atoms with Crippen molar-refractivity contribution in [3.05, 3.63) is 35.6 Å². The van der Waals surface area contributed by atoms with Crippen molar-refractivity contribution in [1.29, 1.82) is 0 Å². The average molecular weight is 402 g/mol. The van der Waals surface area contributed by atoms with E-state index >= 15 is 0 Å². The molecule has 2 saturated heterocycles. The topological polar surface area (TPSA) is 35.6 Å². The number of amides is 1. The van der Waals surface area contributed by atoms with Crippen LogP contribution >= 0.6 is 0 Å². The van der Waals surface area contributed by atoms with Crippen molar-refractivity contribution in [2.75, 3.05) is 26.2 Å². The number of benzene rings is 1. The van der Waals surface area contributed by atoms with Crippen molar-refractivity contribution >= 4 is 5.91 Å². The number of halogens is 1. The molecule has 4 rings (SSSR count). The highest BCUT2D eigenvalue weighted by Crippen LogP contribution is 2.39. The van der Waals surface area contributed by atoms with Gasteiger partial charge in [-0.2, -0.15) is 0 Å². The van der Waals surface area contributed by atoms with Gasteiger partial charge in [0.25, 0.3) is 0 Å². The maximum atomic E-state index is 13.8. The van der Waals surface area contributed by atoms with Crippen LogP contribution in [-0.4, -0.2) is 53.5 Å². The number of carbonyl (C=O) groups is 1. The van der Waals surface area contributed by atoms with Crippen molar-refractivity contribution in [3.8, 4) is 0 Å². The summed E-state index contributed by atoms with van der Waals surface area (Å²) < 4.78 is 13.8. The number of likely N-dealkylation sites (tertiary alicyclic amines) is 2. The third kappa shape index (κ3) is 4.83. The number of rotatable bonds is 8. The summed E-state index contributed by atoms with van der Waals surface area (Å²) in [5.41, 5.74) is 0.932. The van der Waals surface area contributed by atoms with Gasteiger partial charge in [0.1, 0.15) is 5.82 Å². The number of hydrogen-bond donors (Lipinski definition) is 1. The molecule has 1 aromatic rings. The monoisotopic (exact) mass is 401 g/mol. The minimum absolute atomic E-state index is 0.151. The molecule has 0 bridgehead atoms. The number of nitrogens with one attached hydrogen (secondary N) is 1. The van der Waals surface area contributed by atoms with Gasteiger partial charge in [-0.25, -0.2) is 4.39 Å². The molecular weight excluding hydrogens is 365 g/mol. The Balaban J connectivity index is 1.33. The Morgan fingerprint density at radius 2 is 1.83 bits per heavy atom. The lowest BCUT2D eigenvalue weighted by Crippen LogP contribution is -2.57. The maximum absolute atomic E-state index is 13.8. The summed E-state index contributed by atoms with van der Waals surface area (Å²) in [5.74, 6) is 0.190. The second-order valence-electron chi connectivity index (χ2n) is 9.25. The van der Waals surface area contributed by atoms with Crippen LogP contribution in [-0.2, 0) is 11.3 Å². The molecule has 4 nitrogen and oxygen atoms in total. The van der Waals surface area contributed by atoms with Gasteiger partial charge in [-0.15, -0.1) is 0 Å². The quantitative estimate of drug-likeness (QED) is 0.667. The van der Waals surface area contributed by atoms with Crippen LogP contribution in [0.2, 0.25) is 0 Å². The second kappa shape index (κ2) is 9.57. The molecule has 0 aromatic heterocycles. The minimum atomic E-state index is -0.151. The molecule has 160 valence electrons. The first-order chi connectivity index (χ1) is 14.2. The van der Waals surface area contributed by atoms with E-state index in [2.05, 4.69) is 15.1 Å². The number of nitrogens with zero attached hydrogens (tertiary/aromatic N) is 2. The van der Waals surface area contributed by atoms with Gasteiger partial charge < -0.3 is 10.2 Å². The van der Waals surface area contributed by atoms with Crippen LogP contribution in [0.25, 0.3) is 0 Å². The van der Waals surface area contributed by atoms with Gasteiger partial charge >= 0.3 is 0 Å². The fourth-order valence-electron chi connectivity index (χ4n) is 5.74. The Morgan fingerprint density at radius 3 is 2.59 bits per heavy atom. The molecule has 1 atom stereocenters. The summed E-state index contributed by atoms with van der Waals surface area (Å²) in [6.07, 6.45) is 11.7. The molecule has 5 heteroatoms. The molecule has 1 saturated carbocycles.